The van der Waals surface area contributed by atoms with Crippen LogP contribution < -0.4 is 5.49 Å². The number of nitrogens with zero attached hydrogens (tertiary/aromatic N) is 2. The minimum Gasteiger partial charge on any atom is -0.359 e. The zero-order valence-electron chi connectivity index (χ0n) is 5.11. The van der Waals surface area contributed by atoms with Gasteiger partial charge in [-0.05, 0) is 12.1 Å². The van der Waals surface area contributed by atoms with E-state index in [2.05, 4.69) is 4.98 Å². The Bertz CT molecular complexity index is 400. The maximum atomic E-state index is 7.31. The van der Waals surface area contributed by atoms with Crippen molar-refractivity contribution in [3.63, 3.8) is 0 Å². The highest BCUT2D eigenvalue weighted by atomic mass is 16.5. The zero-order chi connectivity index (χ0) is 6.97. The molecule has 0 amide bonds. The Morgan fingerprint density at radius 3 is 3.20 bits per heavy atom. The topological polar surface area (TPSA) is 54.3 Å². The molecule has 0 aliphatic heterocycles. The van der Waals surface area contributed by atoms with Crippen LogP contribution in [0.25, 0.3) is 5.65 Å². The number of fused-ring (bicyclic) bond motifs is 1. The molecule has 0 atom stereocenters. The van der Waals surface area contributed by atoms with Crippen molar-refractivity contribution in [3.05, 3.63) is 30.1 Å². The van der Waals surface area contributed by atoms with Crippen LogP contribution >= 0.6 is 0 Å². The lowest BCUT2D eigenvalue weighted by Crippen LogP contribution is -2.08. The van der Waals surface area contributed by atoms with Crippen LogP contribution in [-0.4, -0.2) is 9.56 Å². The number of pyridine rings is 1. The summed E-state index contributed by atoms with van der Waals surface area (Å²) in [4.78, 5) is 3.86. The van der Waals surface area contributed by atoms with Crippen LogP contribution in [-0.2, 0) is 0 Å². The molecule has 0 saturated heterocycles. The first-order valence-electron chi connectivity index (χ1n) is 2.84. The van der Waals surface area contributed by atoms with E-state index in [4.69, 9.17) is 9.93 Å². The van der Waals surface area contributed by atoms with Gasteiger partial charge in [0.1, 0.15) is 0 Å². The normalized spacial score (nSPS) is 10.4. The summed E-state index contributed by atoms with van der Waals surface area (Å²) in [5, 5.41) is 7.31. The van der Waals surface area contributed by atoms with Crippen molar-refractivity contribution in [2.75, 3.05) is 0 Å². The molecular weight excluding hydrogens is 130 g/mol. The van der Waals surface area contributed by atoms with Gasteiger partial charge in [0.05, 0.1) is 0 Å². The second-order valence-corrected chi connectivity index (χ2v) is 1.90. The first-order chi connectivity index (χ1) is 4.88. The van der Waals surface area contributed by atoms with Gasteiger partial charge in [0.2, 0.25) is 6.39 Å². The van der Waals surface area contributed by atoms with E-state index in [1.807, 2.05) is 0 Å². The summed E-state index contributed by atoms with van der Waals surface area (Å²) in [6, 6.07) is 5.18. The first-order valence-corrected chi connectivity index (χ1v) is 2.84. The van der Waals surface area contributed by atoms with Gasteiger partial charge >= 0.3 is 0 Å². The van der Waals surface area contributed by atoms with Crippen molar-refractivity contribution in [1.82, 2.24) is 9.56 Å². The van der Waals surface area contributed by atoms with E-state index in [-0.39, 0.29) is 0 Å². The fourth-order valence-electron chi connectivity index (χ4n) is 0.815. The van der Waals surface area contributed by atoms with Crippen molar-refractivity contribution in [2.45, 2.75) is 0 Å². The highest BCUT2D eigenvalue weighted by Gasteiger charge is 1.92. The van der Waals surface area contributed by atoms with E-state index in [0.717, 1.165) is 0 Å². The first kappa shape index (κ1) is 5.22. The van der Waals surface area contributed by atoms with Crippen molar-refractivity contribution >= 4 is 5.65 Å². The molecule has 4 heteroatoms. The lowest BCUT2D eigenvalue weighted by atomic mass is 10.5. The maximum Gasteiger partial charge on any atom is 0.211 e. The fraction of sp³-hybridized carbons (Fsp3) is 0. The van der Waals surface area contributed by atoms with Crippen LogP contribution in [0.2, 0.25) is 0 Å². The summed E-state index contributed by atoms with van der Waals surface area (Å²) >= 11 is 0. The molecule has 0 radical (unpaired) electrons. The van der Waals surface area contributed by atoms with Gasteiger partial charge in [-0.3, -0.25) is 5.41 Å². The van der Waals surface area contributed by atoms with Crippen LogP contribution in [0.5, 0.6) is 0 Å². The molecule has 2 heterocycles. The summed E-state index contributed by atoms with van der Waals surface area (Å²) in [5.74, 6) is 0. The van der Waals surface area contributed by atoms with Gasteiger partial charge in [0.25, 0.3) is 0 Å². The summed E-state index contributed by atoms with van der Waals surface area (Å²) < 4.78 is 6.21. The third-order valence-corrected chi connectivity index (χ3v) is 1.26. The number of hydrogen-bond donors (Lipinski definition) is 1. The lowest BCUT2D eigenvalue weighted by molar-refractivity contribution is 0.358. The molecule has 0 unspecified atom stereocenters. The van der Waals surface area contributed by atoms with Gasteiger partial charge in [-0.25, -0.2) is 0 Å². The number of hydrogen-bond acceptors (Lipinski definition) is 3. The minimum absolute atomic E-state index is 0.301. The van der Waals surface area contributed by atoms with Crippen LogP contribution in [0.4, 0.5) is 0 Å². The van der Waals surface area contributed by atoms with Crippen LogP contribution in [0, 0.1) is 5.41 Å². The van der Waals surface area contributed by atoms with E-state index < -0.39 is 0 Å². The predicted molar refractivity (Wildman–Crippen MR) is 33.3 cm³/mol. The highest BCUT2D eigenvalue weighted by Crippen LogP contribution is 1.92. The summed E-state index contributed by atoms with van der Waals surface area (Å²) in [7, 11) is 0. The van der Waals surface area contributed by atoms with Crippen LogP contribution in [0.1, 0.15) is 0 Å². The van der Waals surface area contributed by atoms with Crippen LogP contribution in [0.15, 0.2) is 29.1 Å². The van der Waals surface area contributed by atoms with Crippen molar-refractivity contribution < 1.29 is 4.52 Å². The molecule has 0 aliphatic rings. The van der Waals surface area contributed by atoms with Crippen molar-refractivity contribution in [1.29, 1.82) is 5.41 Å². The zero-order valence-corrected chi connectivity index (χ0v) is 5.11. The van der Waals surface area contributed by atoms with Gasteiger partial charge < -0.3 is 4.52 Å². The van der Waals surface area contributed by atoms with Crippen molar-refractivity contribution in [2.24, 2.45) is 0 Å². The molecular formula is C6H5N3O. The average molecular weight is 135 g/mol. The maximum absolute atomic E-state index is 7.31. The van der Waals surface area contributed by atoms with Crippen LogP contribution in [0.3, 0.4) is 0 Å². The molecule has 1 N–H and O–H groups in total. The smallest absolute Gasteiger partial charge is 0.211 e. The molecule has 2 aromatic heterocycles. The highest BCUT2D eigenvalue weighted by molar-refractivity contribution is 5.33. The minimum atomic E-state index is 0.301. The Labute approximate surface area is 56.2 Å². The summed E-state index contributed by atoms with van der Waals surface area (Å²) in [6.07, 6.45) is 1.31. The molecule has 10 heavy (non-hydrogen) atoms. The lowest BCUT2D eigenvalue weighted by Gasteiger charge is -1.86. The molecule has 0 saturated carbocycles. The Morgan fingerprint density at radius 2 is 2.40 bits per heavy atom. The Hall–Kier alpha value is -1.58. The monoisotopic (exact) mass is 135 g/mol. The van der Waals surface area contributed by atoms with E-state index in [0.29, 0.717) is 11.1 Å². The second-order valence-electron chi connectivity index (χ2n) is 1.90. The predicted octanol–water partition coefficient (Wildman–Crippen LogP) is 0.407. The molecule has 2 aromatic rings. The Morgan fingerprint density at radius 1 is 1.50 bits per heavy atom. The summed E-state index contributed by atoms with van der Waals surface area (Å²) in [5.41, 5.74) is 0.961. The fourth-order valence-corrected chi connectivity index (χ4v) is 0.815. The van der Waals surface area contributed by atoms with E-state index in [1.165, 1.54) is 11.0 Å². The van der Waals surface area contributed by atoms with Gasteiger partial charge in [0, 0.05) is 0 Å². The Balaban J connectivity index is 3.09. The van der Waals surface area contributed by atoms with Gasteiger partial charge in [0.15, 0.2) is 11.1 Å². The summed E-state index contributed by atoms with van der Waals surface area (Å²) in [6.45, 7) is 0. The van der Waals surface area contributed by atoms with Crippen molar-refractivity contribution in [3.8, 4) is 0 Å². The Kier molecular flexibility index (Phi) is 0.887. The molecule has 0 bridgehead atoms. The number of nitrogens with one attached hydrogen (secondary N) is 1. The molecule has 0 fully saturated rings. The second kappa shape index (κ2) is 1.70. The van der Waals surface area contributed by atoms with Gasteiger partial charge in [-0.15, -0.1) is 4.57 Å². The number of rotatable bonds is 0. The van der Waals surface area contributed by atoms with E-state index >= 15 is 0 Å². The largest absolute Gasteiger partial charge is 0.359 e. The van der Waals surface area contributed by atoms with E-state index in [9.17, 15) is 0 Å². The molecule has 50 valence electrons. The molecule has 0 spiro atoms. The number of aromatic nitrogens is 2. The molecule has 0 aliphatic carbocycles. The molecule has 0 aromatic carbocycles. The molecule has 2 rings (SSSR count). The average Bonchev–Trinajstić information content (AvgIpc) is 2.36. The quantitative estimate of drug-likeness (QED) is 0.568. The van der Waals surface area contributed by atoms with Gasteiger partial charge in [-0.1, -0.05) is 6.07 Å². The third kappa shape index (κ3) is 0.556. The standard InChI is InChI=1S/C6H5N3O/c7-5-2-1-3-6-8-4-10-9(5)6/h1-4,7H. The van der Waals surface area contributed by atoms with Gasteiger partial charge in [-0.2, -0.15) is 4.98 Å². The van der Waals surface area contributed by atoms with E-state index in [1.54, 1.807) is 18.2 Å². The molecule has 4 nitrogen and oxygen atoms in total. The SMILES string of the molecule is N=c1cccc2ncon12. The third-order valence-electron chi connectivity index (χ3n) is 1.26.